The molecular weight excluding hydrogens is 294 g/mol. The van der Waals surface area contributed by atoms with Gasteiger partial charge in [0.15, 0.2) is 5.69 Å². The topological polar surface area (TPSA) is 102 Å². The lowest BCUT2D eigenvalue weighted by molar-refractivity contribution is 0.0689. The van der Waals surface area contributed by atoms with Crippen LogP contribution in [0.3, 0.4) is 0 Å². The molecule has 1 fully saturated rings. The second-order valence-electron chi connectivity index (χ2n) is 5.04. The van der Waals surface area contributed by atoms with Crippen molar-refractivity contribution in [1.82, 2.24) is 14.2 Å². The lowest BCUT2D eigenvalue weighted by Gasteiger charge is -2.03. The number of aryl methyl sites for hydroxylation is 1. The van der Waals surface area contributed by atoms with Gasteiger partial charge in [0.25, 0.3) is 10.0 Å². The molecule has 1 aliphatic carbocycles. The van der Waals surface area contributed by atoms with Gasteiger partial charge in [-0.15, -0.1) is 0 Å². The maximum atomic E-state index is 12.1. The molecule has 0 bridgehead atoms. The minimum atomic E-state index is -3.39. The molecule has 1 saturated carbocycles. The molecule has 0 unspecified atom stereocenters. The number of rotatable bonds is 4. The standard InChI is InChI=1S/C13H13N3O4S/c1-8-4-9(5-14-12(8)13(17)18)10-6-15-16(7-10)21(19,20)11-2-3-11/h4-7,11H,2-3H2,1H3,(H,17,18). The smallest absolute Gasteiger partial charge is 0.354 e. The van der Waals surface area contributed by atoms with Gasteiger partial charge in [0.2, 0.25) is 0 Å². The number of aromatic nitrogens is 3. The molecule has 0 aliphatic heterocycles. The first-order chi connectivity index (χ1) is 9.89. The number of nitrogens with zero attached hydrogens (tertiary/aromatic N) is 3. The van der Waals surface area contributed by atoms with Gasteiger partial charge in [0.05, 0.1) is 17.6 Å². The van der Waals surface area contributed by atoms with Crippen LogP contribution in [-0.4, -0.2) is 38.9 Å². The van der Waals surface area contributed by atoms with E-state index in [1.165, 1.54) is 18.6 Å². The number of aromatic carboxylic acids is 1. The Morgan fingerprint density at radius 1 is 1.33 bits per heavy atom. The fourth-order valence-corrected chi connectivity index (χ4v) is 3.54. The number of pyridine rings is 1. The van der Waals surface area contributed by atoms with E-state index in [0.29, 0.717) is 29.5 Å². The average Bonchev–Trinajstić information content (AvgIpc) is 3.16. The molecule has 3 rings (SSSR count). The van der Waals surface area contributed by atoms with Crippen molar-refractivity contribution in [2.45, 2.75) is 25.0 Å². The summed E-state index contributed by atoms with van der Waals surface area (Å²) < 4.78 is 25.1. The second kappa shape index (κ2) is 4.66. The first-order valence-corrected chi connectivity index (χ1v) is 7.89. The summed E-state index contributed by atoms with van der Waals surface area (Å²) in [5.41, 5.74) is 1.72. The summed E-state index contributed by atoms with van der Waals surface area (Å²) in [4.78, 5) is 14.8. The van der Waals surface area contributed by atoms with E-state index < -0.39 is 16.0 Å². The van der Waals surface area contributed by atoms with Gasteiger partial charge in [-0.25, -0.2) is 18.2 Å². The molecule has 0 radical (unpaired) electrons. The maximum absolute atomic E-state index is 12.1. The Hall–Kier alpha value is -2.22. The Labute approximate surface area is 121 Å². The number of carboxylic acids is 1. The highest BCUT2D eigenvalue weighted by atomic mass is 32.2. The van der Waals surface area contributed by atoms with Crippen molar-refractivity contribution in [1.29, 1.82) is 0 Å². The molecule has 2 heterocycles. The molecule has 0 atom stereocenters. The van der Waals surface area contributed by atoms with Crippen molar-refractivity contribution in [3.05, 3.63) is 35.9 Å². The number of carboxylic acid groups (broad SMARTS) is 1. The minimum Gasteiger partial charge on any atom is -0.477 e. The van der Waals surface area contributed by atoms with Gasteiger partial charge >= 0.3 is 5.97 Å². The van der Waals surface area contributed by atoms with Crippen molar-refractivity contribution >= 4 is 16.0 Å². The molecular formula is C13H13N3O4S. The first kappa shape index (κ1) is 13.7. The van der Waals surface area contributed by atoms with Crippen LogP contribution < -0.4 is 0 Å². The van der Waals surface area contributed by atoms with Crippen LogP contribution >= 0.6 is 0 Å². The van der Waals surface area contributed by atoms with Gasteiger partial charge in [-0.05, 0) is 31.4 Å². The molecule has 0 amide bonds. The molecule has 110 valence electrons. The molecule has 7 nitrogen and oxygen atoms in total. The predicted molar refractivity (Wildman–Crippen MR) is 74.5 cm³/mol. The SMILES string of the molecule is Cc1cc(-c2cnn(S(=O)(=O)C3CC3)c2)cnc1C(=O)O. The van der Waals surface area contributed by atoms with Gasteiger partial charge in [-0.2, -0.15) is 9.19 Å². The monoisotopic (exact) mass is 307 g/mol. The first-order valence-electron chi connectivity index (χ1n) is 6.39. The average molecular weight is 307 g/mol. The van der Waals surface area contributed by atoms with E-state index in [4.69, 9.17) is 5.11 Å². The van der Waals surface area contributed by atoms with E-state index in [2.05, 4.69) is 10.1 Å². The van der Waals surface area contributed by atoms with Crippen LogP contribution in [0.15, 0.2) is 24.7 Å². The van der Waals surface area contributed by atoms with E-state index in [0.717, 1.165) is 4.09 Å². The zero-order chi connectivity index (χ0) is 15.2. The zero-order valence-corrected chi connectivity index (χ0v) is 12.0. The van der Waals surface area contributed by atoms with E-state index in [1.54, 1.807) is 13.0 Å². The van der Waals surface area contributed by atoms with Crippen LogP contribution in [0.4, 0.5) is 0 Å². The summed E-state index contributed by atoms with van der Waals surface area (Å²) >= 11 is 0. The summed E-state index contributed by atoms with van der Waals surface area (Å²) in [6.07, 6.45) is 5.62. The van der Waals surface area contributed by atoms with Crippen molar-refractivity contribution in [2.24, 2.45) is 0 Å². The van der Waals surface area contributed by atoms with E-state index >= 15 is 0 Å². The Morgan fingerprint density at radius 2 is 2.05 bits per heavy atom. The van der Waals surface area contributed by atoms with Gasteiger partial charge in [0, 0.05) is 17.3 Å². The van der Waals surface area contributed by atoms with Crippen molar-refractivity contribution in [3.8, 4) is 11.1 Å². The minimum absolute atomic E-state index is 0.0169. The van der Waals surface area contributed by atoms with Crippen LogP contribution in [0, 0.1) is 6.92 Å². The van der Waals surface area contributed by atoms with E-state index in [9.17, 15) is 13.2 Å². The van der Waals surface area contributed by atoms with Crippen molar-refractivity contribution < 1.29 is 18.3 Å². The number of hydrogen-bond donors (Lipinski definition) is 1. The van der Waals surface area contributed by atoms with E-state index in [1.807, 2.05) is 0 Å². The third-order valence-electron chi connectivity index (χ3n) is 3.38. The zero-order valence-electron chi connectivity index (χ0n) is 11.2. The lowest BCUT2D eigenvalue weighted by atomic mass is 10.1. The van der Waals surface area contributed by atoms with Crippen LogP contribution in [0.5, 0.6) is 0 Å². The lowest BCUT2D eigenvalue weighted by Crippen LogP contribution is -2.17. The highest BCUT2D eigenvalue weighted by molar-refractivity contribution is 7.90. The Balaban J connectivity index is 1.97. The summed E-state index contributed by atoms with van der Waals surface area (Å²) in [5, 5.41) is 12.5. The highest BCUT2D eigenvalue weighted by Crippen LogP contribution is 2.30. The summed E-state index contributed by atoms with van der Waals surface area (Å²) in [6, 6.07) is 1.65. The van der Waals surface area contributed by atoms with Crippen molar-refractivity contribution in [3.63, 3.8) is 0 Å². The molecule has 8 heteroatoms. The molecule has 2 aromatic rings. The van der Waals surface area contributed by atoms with Crippen LogP contribution in [-0.2, 0) is 10.0 Å². The van der Waals surface area contributed by atoms with Crippen LogP contribution in [0.2, 0.25) is 0 Å². The van der Waals surface area contributed by atoms with E-state index in [-0.39, 0.29) is 10.9 Å². The molecule has 21 heavy (non-hydrogen) atoms. The quantitative estimate of drug-likeness (QED) is 0.913. The Morgan fingerprint density at radius 3 is 2.62 bits per heavy atom. The van der Waals surface area contributed by atoms with Crippen LogP contribution in [0.1, 0.15) is 28.9 Å². The molecule has 0 aromatic carbocycles. The number of carbonyl (C=O) groups is 1. The number of hydrogen-bond acceptors (Lipinski definition) is 5. The normalized spacial score (nSPS) is 15.1. The molecule has 2 aromatic heterocycles. The van der Waals surface area contributed by atoms with Crippen LogP contribution in [0.25, 0.3) is 11.1 Å². The molecule has 0 spiro atoms. The maximum Gasteiger partial charge on any atom is 0.354 e. The predicted octanol–water partition coefficient (Wildman–Crippen LogP) is 1.29. The van der Waals surface area contributed by atoms with Gasteiger partial charge in [-0.3, -0.25) is 0 Å². The Bertz CT molecular complexity index is 822. The second-order valence-corrected chi connectivity index (χ2v) is 7.11. The highest BCUT2D eigenvalue weighted by Gasteiger charge is 2.37. The summed E-state index contributed by atoms with van der Waals surface area (Å²) in [7, 11) is -3.39. The third kappa shape index (κ3) is 2.42. The fourth-order valence-electron chi connectivity index (χ4n) is 2.07. The third-order valence-corrected chi connectivity index (χ3v) is 5.42. The summed E-state index contributed by atoms with van der Waals surface area (Å²) in [6.45, 7) is 1.64. The molecule has 1 N–H and O–H groups in total. The molecule has 0 saturated heterocycles. The largest absolute Gasteiger partial charge is 0.477 e. The van der Waals surface area contributed by atoms with Gasteiger partial charge in [0.1, 0.15) is 0 Å². The summed E-state index contributed by atoms with van der Waals surface area (Å²) in [5.74, 6) is -1.09. The van der Waals surface area contributed by atoms with Gasteiger partial charge in [-0.1, -0.05) is 0 Å². The van der Waals surface area contributed by atoms with Crippen molar-refractivity contribution in [2.75, 3.05) is 0 Å². The van der Waals surface area contributed by atoms with Gasteiger partial charge < -0.3 is 5.11 Å². The fraction of sp³-hybridized carbons (Fsp3) is 0.308. The Kier molecular flexibility index (Phi) is 3.05. The molecule has 1 aliphatic rings.